The molecule has 0 saturated carbocycles. The Labute approximate surface area is 169 Å². The zero-order valence-corrected chi connectivity index (χ0v) is 16.9. The second-order valence-electron chi connectivity index (χ2n) is 5.96. The van der Waals surface area contributed by atoms with Gasteiger partial charge in [0.15, 0.2) is 17.6 Å². The van der Waals surface area contributed by atoms with Crippen LogP contribution in [0.1, 0.15) is 37.6 Å². The van der Waals surface area contributed by atoms with E-state index in [1.54, 1.807) is 42.5 Å². The molecule has 28 heavy (non-hydrogen) atoms. The minimum Gasteiger partial charge on any atom is -0.490 e. The Bertz CT molecular complexity index is 824. The molecule has 0 aliphatic carbocycles. The van der Waals surface area contributed by atoms with Crippen LogP contribution in [0, 0.1) is 0 Å². The number of amides is 1. The highest BCUT2D eigenvalue weighted by Gasteiger charge is 2.21. The van der Waals surface area contributed by atoms with Gasteiger partial charge in [0.05, 0.1) is 29.5 Å². The number of anilines is 1. The van der Waals surface area contributed by atoms with Crippen LogP contribution in [0.15, 0.2) is 42.5 Å². The van der Waals surface area contributed by atoms with Crippen molar-refractivity contribution in [1.82, 2.24) is 0 Å². The SMILES string of the molecule is CCCOc1ccc(C(=O)O[C@@H](C)C(=O)Nc2ccccc2Cl)cc1OCC. The molecule has 0 aliphatic rings. The molecule has 2 aromatic carbocycles. The van der Waals surface area contributed by atoms with E-state index in [-0.39, 0.29) is 5.56 Å². The molecule has 2 aromatic rings. The minimum atomic E-state index is -1.00. The highest BCUT2D eigenvalue weighted by atomic mass is 35.5. The molecule has 2 rings (SSSR count). The van der Waals surface area contributed by atoms with Crippen LogP contribution in [0.4, 0.5) is 5.69 Å². The van der Waals surface area contributed by atoms with Crippen LogP contribution in [0.25, 0.3) is 0 Å². The molecule has 0 saturated heterocycles. The third-order valence-corrected chi connectivity index (χ3v) is 4.06. The van der Waals surface area contributed by atoms with Crippen molar-refractivity contribution in [2.45, 2.75) is 33.3 Å². The summed E-state index contributed by atoms with van der Waals surface area (Å²) >= 11 is 6.02. The number of rotatable bonds is 9. The lowest BCUT2D eigenvalue weighted by Crippen LogP contribution is -2.30. The molecule has 0 radical (unpaired) electrons. The molecule has 0 spiro atoms. The van der Waals surface area contributed by atoms with Crippen LogP contribution in [-0.4, -0.2) is 31.2 Å². The van der Waals surface area contributed by atoms with Crippen LogP contribution in [0.2, 0.25) is 5.02 Å². The Morgan fingerprint density at radius 3 is 2.50 bits per heavy atom. The normalized spacial score (nSPS) is 11.4. The number of ether oxygens (including phenoxy) is 3. The fraction of sp³-hybridized carbons (Fsp3) is 0.333. The van der Waals surface area contributed by atoms with Gasteiger partial charge in [0, 0.05) is 0 Å². The van der Waals surface area contributed by atoms with Gasteiger partial charge in [-0.3, -0.25) is 4.79 Å². The predicted molar refractivity (Wildman–Crippen MR) is 108 cm³/mol. The zero-order valence-electron chi connectivity index (χ0n) is 16.2. The Balaban J connectivity index is 2.05. The van der Waals surface area contributed by atoms with Crippen molar-refractivity contribution in [2.75, 3.05) is 18.5 Å². The first-order chi connectivity index (χ1) is 13.5. The Hall–Kier alpha value is -2.73. The number of esters is 1. The van der Waals surface area contributed by atoms with Gasteiger partial charge in [-0.05, 0) is 50.6 Å². The average Bonchev–Trinajstić information content (AvgIpc) is 2.68. The summed E-state index contributed by atoms with van der Waals surface area (Å²) in [7, 11) is 0. The van der Waals surface area contributed by atoms with Gasteiger partial charge in [-0.2, -0.15) is 0 Å². The quantitative estimate of drug-likeness (QED) is 0.611. The predicted octanol–water partition coefficient (Wildman–Crippen LogP) is 4.71. The number of para-hydroxylation sites is 1. The van der Waals surface area contributed by atoms with E-state index in [4.69, 9.17) is 25.8 Å². The Morgan fingerprint density at radius 1 is 1.07 bits per heavy atom. The number of carbonyl (C=O) groups is 2. The second-order valence-corrected chi connectivity index (χ2v) is 6.37. The maximum absolute atomic E-state index is 12.4. The van der Waals surface area contributed by atoms with Crippen molar-refractivity contribution in [3.63, 3.8) is 0 Å². The Morgan fingerprint density at radius 2 is 1.82 bits per heavy atom. The average molecular weight is 406 g/mol. The highest BCUT2D eigenvalue weighted by Crippen LogP contribution is 2.29. The first kappa shape index (κ1) is 21.6. The number of hydrogen-bond acceptors (Lipinski definition) is 5. The summed E-state index contributed by atoms with van der Waals surface area (Å²) in [5.74, 6) is -0.0949. The fourth-order valence-electron chi connectivity index (χ4n) is 2.31. The van der Waals surface area contributed by atoms with Gasteiger partial charge in [0.2, 0.25) is 0 Å². The van der Waals surface area contributed by atoms with Gasteiger partial charge in [0.1, 0.15) is 0 Å². The fourth-order valence-corrected chi connectivity index (χ4v) is 2.50. The molecule has 1 amide bonds. The third kappa shape index (κ3) is 5.89. The number of carbonyl (C=O) groups excluding carboxylic acids is 2. The van der Waals surface area contributed by atoms with E-state index in [9.17, 15) is 9.59 Å². The molecular weight excluding hydrogens is 382 g/mol. The van der Waals surface area contributed by atoms with E-state index in [0.29, 0.717) is 35.4 Å². The number of hydrogen-bond donors (Lipinski definition) is 1. The maximum Gasteiger partial charge on any atom is 0.339 e. The number of benzene rings is 2. The largest absolute Gasteiger partial charge is 0.490 e. The van der Waals surface area contributed by atoms with Crippen LogP contribution in [-0.2, 0) is 9.53 Å². The zero-order chi connectivity index (χ0) is 20.5. The lowest BCUT2D eigenvalue weighted by atomic mass is 10.2. The van der Waals surface area contributed by atoms with Gasteiger partial charge in [0.25, 0.3) is 5.91 Å². The first-order valence-electron chi connectivity index (χ1n) is 9.12. The summed E-state index contributed by atoms with van der Waals surface area (Å²) in [5.41, 5.74) is 0.720. The molecular formula is C21H24ClNO5. The highest BCUT2D eigenvalue weighted by molar-refractivity contribution is 6.33. The minimum absolute atomic E-state index is 0.268. The summed E-state index contributed by atoms with van der Waals surface area (Å²) in [6.45, 7) is 6.31. The van der Waals surface area contributed by atoms with E-state index < -0.39 is 18.0 Å². The topological polar surface area (TPSA) is 73.9 Å². The lowest BCUT2D eigenvalue weighted by molar-refractivity contribution is -0.123. The van der Waals surface area contributed by atoms with Crippen molar-refractivity contribution in [2.24, 2.45) is 0 Å². The van der Waals surface area contributed by atoms with Gasteiger partial charge in [-0.25, -0.2) is 4.79 Å². The van der Waals surface area contributed by atoms with Crippen molar-refractivity contribution < 1.29 is 23.8 Å². The smallest absolute Gasteiger partial charge is 0.339 e. The first-order valence-corrected chi connectivity index (χ1v) is 9.50. The lowest BCUT2D eigenvalue weighted by Gasteiger charge is -2.16. The van der Waals surface area contributed by atoms with Crippen molar-refractivity contribution in [3.8, 4) is 11.5 Å². The van der Waals surface area contributed by atoms with Crippen LogP contribution >= 0.6 is 11.6 Å². The maximum atomic E-state index is 12.4. The molecule has 0 bridgehead atoms. The molecule has 6 nitrogen and oxygen atoms in total. The second kappa shape index (κ2) is 10.6. The van der Waals surface area contributed by atoms with Crippen molar-refractivity contribution >= 4 is 29.2 Å². The molecule has 150 valence electrons. The summed E-state index contributed by atoms with van der Waals surface area (Å²) in [4.78, 5) is 24.7. The number of nitrogens with one attached hydrogen (secondary N) is 1. The monoisotopic (exact) mass is 405 g/mol. The van der Waals surface area contributed by atoms with E-state index in [0.717, 1.165) is 6.42 Å². The van der Waals surface area contributed by atoms with E-state index in [2.05, 4.69) is 5.32 Å². The molecule has 0 aromatic heterocycles. The molecule has 0 heterocycles. The summed E-state index contributed by atoms with van der Waals surface area (Å²) in [6.07, 6.45) is -0.150. The molecule has 0 unspecified atom stereocenters. The summed E-state index contributed by atoms with van der Waals surface area (Å²) < 4.78 is 16.4. The van der Waals surface area contributed by atoms with Crippen molar-refractivity contribution in [1.29, 1.82) is 0 Å². The van der Waals surface area contributed by atoms with E-state index >= 15 is 0 Å². The Kier molecular flexibility index (Phi) is 8.14. The third-order valence-electron chi connectivity index (χ3n) is 3.73. The van der Waals surface area contributed by atoms with E-state index in [1.807, 2.05) is 13.8 Å². The van der Waals surface area contributed by atoms with Gasteiger partial charge in [-0.1, -0.05) is 30.7 Å². The molecule has 7 heteroatoms. The van der Waals surface area contributed by atoms with Gasteiger partial charge < -0.3 is 19.5 Å². The summed E-state index contributed by atoms with van der Waals surface area (Å²) in [6, 6.07) is 11.6. The molecule has 0 aliphatic heterocycles. The summed E-state index contributed by atoms with van der Waals surface area (Å²) in [5, 5.41) is 3.04. The van der Waals surface area contributed by atoms with Crippen LogP contribution in [0.3, 0.4) is 0 Å². The molecule has 0 fully saturated rings. The van der Waals surface area contributed by atoms with Crippen LogP contribution < -0.4 is 14.8 Å². The van der Waals surface area contributed by atoms with Gasteiger partial charge >= 0.3 is 5.97 Å². The standard InChI is InChI=1S/C21H24ClNO5/c1-4-12-27-18-11-10-15(13-19(18)26-5-2)21(25)28-14(3)20(24)23-17-9-7-6-8-16(17)22/h6-11,13-14H,4-5,12H2,1-3H3,(H,23,24)/t14-/m0/s1. The van der Waals surface area contributed by atoms with Crippen LogP contribution in [0.5, 0.6) is 11.5 Å². The van der Waals surface area contributed by atoms with Crippen molar-refractivity contribution in [3.05, 3.63) is 53.1 Å². The number of halogens is 1. The van der Waals surface area contributed by atoms with Gasteiger partial charge in [-0.15, -0.1) is 0 Å². The van der Waals surface area contributed by atoms with E-state index in [1.165, 1.54) is 6.92 Å². The molecule has 1 N–H and O–H groups in total. The molecule has 1 atom stereocenters.